The number of hydrogen-bond donors (Lipinski definition) is 0. The number of rotatable bonds is 3. The van der Waals surface area contributed by atoms with E-state index >= 15 is 0 Å². The van der Waals surface area contributed by atoms with Crippen molar-refractivity contribution in [3.8, 4) is 0 Å². The van der Waals surface area contributed by atoms with E-state index in [0.29, 0.717) is 5.56 Å². The van der Waals surface area contributed by atoms with Crippen molar-refractivity contribution in [1.82, 2.24) is 4.90 Å². The molecule has 0 aromatic heterocycles. The van der Waals surface area contributed by atoms with Gasteiger partial charge < -0.3 is 4.74 Å². The van der Waals surface area contributed by atoms with E-state index in [9.17, 15) is 14.4 Å². The molecule has 1 saturated heterocycles. The van der Waals surface area contributed by atoms with Crippen LogP contribution in [-0.4, -0.2) is 28.8 Å². The number of nitrogens with zero attached hydrogens (tertiary/aromatic N) is 1. The maximum absolute atomic E-state index is 12.6. The maximum Gasteiger partial charge on any atom is 0.303 e. The average molecular weight is 309 g/mol. The third-order valence-electron chi connectivity index (χ3n) is 3.72. The summed E-state index contributed by atoms with van der Waals surface area (Å²) in [6.45, 7) is 1.25. The van der Waals surface area contributed by atoms with E-state index in [1.807, 2.05) is 18.2 Å². The van der Waals surface area contributed by atoms with Gasteiger partial charge in [0.1, 0.15) is 6.04 Å². The Morgan fingerprint density at radius 3 is 2.09 bits per heavy atom. The molecule has 0 bridgehead atoms. The van der Waals surface area contributed by atoms with Gasteiger partial charge >= 0.3 is 5.97 Å². The van der Waals surface area contributed by atoms with E-state index in [1.165, 1.54) is 6.92 Å². The van der Waals surface area contributed by atoms with Gasteiger partial charge in [-0.2, -0.15) is 0 Å². The Morgan fingerprint density at radius 1 is 0.957 bits per heavy atom. The highest BCUT2D eigenvalue weighted by Crippen LogP contribution is 2.38. The zero-order valence-electron chi connectivity index (χ0n) is 12.5. The van der Waals surface area contributed by atoms with E-state index in [0.717, 1.165) is 10.5 Å². The Labute approximate surface area is 133 Å². The van der Waals surface area contributed by atoms with Crippen LogP contribution in [0.2, 0.25) is 0 Å². The normalized spacial score (nSPS) is 19.9. The Balaban J connectivity index is 1.94. The third-order valence-corrected chi connectivity index (χ3v) is 3.72. The number of likely N-dealkylation sites (tertiary alicyclic amines) is 1. The first-order chi connectivity index (χ1) is 11.1. The van der Waals surface area contributed by atoms with Gasteiger partial charge in [0.15, 0.2) is 0 Å². The Hall–Kier alpha value is -2.95. The molecule has 2 amide bonds. The van der Waals surface area contributed by atoms with Gasteiger partial charge in [-0.15, -0.1) is 0 Å². The molecule has 5 nitrogen and oxygen atoms in total. The zero-order valence-corrected chi connectivity index (χ0v) is 12.5. The van der Waals surface area contributed by atoms with E-state index in [2.05, 4.69) is 0 Å². The van der Waals surface area contributed by atoms with Gasteiger partial charge in [0.25, 0.3) is 11.8 Å². The number of ether oxygens (including phenoxy) is 1. The Kier molecular flexibility index (Phi) is 3.93. The lowest BCUT2D eigenvalue weighted by atomic mass is 9.89. The Bertz CT molecular complexity index is 742. The summed E-state index contributed by atoms with van der Waals surface area (Å²) in [5.41, 5.74) is 1.17. The van der Waals surface area contributed by atoms with Gasteiger partial charge in [0.2, 0.25) is 6.10 Å². The molecular weight excluding hydrogens is 294 g/mol. The number of benzene rings is 2. The Morgan fingerprint density at radius 2 is 1.52 bits per heavy atom. The highest BCUT2D eigenvalue weighted by Gasteiger charge is 2.53. The van der Waals surface area contributed by atoms with E-state index < -0.39 is 29.9 Å². The monoisotopic (exact) mass is 309 g/mol. The quantitative estimate of drug-likeness (QED) is 0.496. The lowest BCUT2D eigenvalue weighted by molar-refractivity contribution is -0.177. The largest absolute Gasteiger partial charge is 0.450 e. The number of carbonyl (C=O) groups excluding carboxylic acids is 3. The van der Waals surface area contributed by atoms with Gasteiger partial charge in [-0.05, 0) is 17.7 Å². The molecule has 2 atom stereocenters. The molecule has 5 heteroatoms. The highest BCUT2D eigenvalue weighted by atomic mass is 16.6. The topological polar surface area (TPSA) is 63.7 Å². The molecule has 1 heterocycles. The number of imide groups is 1. The average Bonchev–Trinajstić information content (AvgIpc) is 2.58. The van der Waals surface area contributed by atoms with Crippen LogP contribution in [0.4, 0.5) is 0 Å². The summed E-state index contributed by atoms with van der Waals surface area (Å²) in [6.07, 6.45) is -0.956. The second-order valence-electron chi connectivity index (χ2n) is 5.26. The highest BCUT2D eigenvalue weighted by molar-refractivity contribution is 6.10. The van der Waals surface area contributed by atoms with Crippen LogP contribution in [0.25, 0.3) is 0 Å². The molecule has 3 rings (SSSR count). The minimum atomic E-state index is -0.956. The predicted octanol–water partition coefficient (Wildman–Crippen LogP) is 2.34. The van der Waals surface area contributed by atoms with Crippen molar-refractivity contribution < 1.29 is 19.1 Å². The van der Waals surface area contributed by atoms with Crippen LogP contribution >= 0.6 is 0 Å². The summed E-state index contributed by atoms with van der Waals surface area (Å²) < 4.78 is 5.10. The number of hydrogen-bond acceptors (Lipinski definition) is 4. The summed E-state index contributed by atoms with van der Waals surface area (Å²) in [5, 5.41) is 0. The maximum atomic E-state index is 12.6. The summed E-state index contributed by atoms with van der Waals surface area (Å²) in [6, 6.07) is 17.0. The van der Waals surface area contributed by atoms with Crippen molar-refractivity contribution in [2.45, 2.75) is 19.1 Å². The second kappa shape index (κ2) is 6.04. The molecule has 0 saturated carbocycles. The van der Waals surface area contributed by atoms with Crippen LogP contribution in [0.5, 0.6) is 0 Å². The molecule has 23 heavy (non-hydrogen) atoms. The number of amides is 2. The molecule has 2 aromatic carbocycles. The van der Waals surface area contributed by atoms with Crippen LogP contribution in [0, 0.1) is 0 Å². The lowest BCUT2D eigenvalue weighted by Gasteiger charge is -2.44. The van der Waals surface area contributed by atoms with Crippen LogP contribution in [0.1, 0.15) is 28.9 Å². The molecule has 1 fully saturated rings. The molecule has 2 aromatic rings. The van der Waals surface area contributed by atoms with Gasteiger partial charge in [0.05, 0.1) is 0 Å². The van der Waals surface area contributed by atoms with E-state index in [4.69, 9.17) is 4.74 Å². The van der Waals surface area contributed by atoms with Crippen molar-refractivity contribution in [3.05, 3.63) is 71.8 Å². The van der Waals surface area contributed by atoms with Crippen LogP contribution in [0.15, 0.2) is 60.7 Å². The first kappa shape index (κ1) is 15.0. The fraction of sp³-hybridized carbons (Fsp3) is 0.167. The standard InChI is InChI=1S/C18H15NO4/c1-12(20)23-16-15(13-8-4-2-5-9-13)19(18(16)22)17(21)14-10-6-3-7-11-14/h2-11,15-16H,1H3/t15-,16-/m1/s1. The van der Waals surface area contributed by atoms with Crippen LogP contribution in [0.3, 0.4) is 0 Å². The molecule has 0 unspecified atom stereocenters. The van der Waals surface area contributed by atoms with Crippen molar-refractivity contribution in [2.75, 3.05) is 0 Å². The van der Waals surface area contributed by atoms with Crippen molar-refractivity contribution in [3.63, 3.8) is 0 Å². The fourth-order valence-corrected chi connectivity index (χ4v) is 2.68. The first-order valence-corrected chi connectivity index (χ1v) is 7.24. The smallest absolute Gasteiger partial charge is 0.303 e. The van der Waals surface area contributed by atoms with Gasteiger partial charge in [-0.1, -0.05) is 48.5 Å². The van der Waals surface area contributed by atoms with Gasteiger partial charge in [-0.3, -0.25) is 19.3 Å². The van der Waals surface area contributed by atoms with Crippen molar-refractivity contribution >= 4 is 17.8 Å². The number of β-lactam (4-membered cyclic amide) rings is 1. The van der Waals surface area contributed by atoms with E-state index in [-0.39, 0.29) is 0 Å². The predicted molar refractivity (Wildman–Crippen MR) is 82.4 cm³/mol. The van der Waals surface area contributed by atoms with E-state index in [1.54, 1.807) is 42.5 Å². The molecule has 0 spiro atoms. The SMILES string of the molecule is CC(=O)O[C@H]1C(=O)N(C(=O)c2ccccc2)[C@@H]1c1ccccc1. The second-order valence-corrected chi connectivity index (χ2v) is 5.26. The van der Waals surface area contributed by atoms with Crippen LogP contribution in [-0.2, 0) is 14.3 Å². The van der Waals surface area contributed by atoms with Gasteiger partial charge in [0, 0.05) is 12.5 Å². The molecule has 1 aliphatic heterocycles. The van der Waals surface area contributed by atoms with Gasteiger partial charge in [-0.25, -0.2) is 0 Å². The molecule has 0 radical (unpaired) electrons. The molecule has 0 N–H and O–H groups in total. The summed E-state index contributed by atoms with van der Waals surface area (Å²) in [5.74, 6) is -1.44. The first-order valence-electron chi connectivity index (χ1n) is 7.24. The minimum Gasteiger partial charge on any atom is -0.450 e. The summed E-state index contributed by atoms with van der Waals surface area (Å²) in [4.78, 5) is 37.3. The molecule has 1 aliphatic rings. The molecule has 0 aliphatic carbocycles. The fourth-order valence-electron chi connectivity index (χ4n) is 2.68. The molecular formula is C18H15NO4. The summed E-state index contributed by atoms with van der Waals surface area (Å²) in [7, 11) is 0. The minimum absolute atomic E-state index is 0.396. The molecule has 116 valence electrons. The van der Waals surface area contributed by atoms with Crippen molar-refractivity contribution in [1.29, 1.82) is 0 Å². The lowest BCUT2D eigenvalue weighted by Crippen LogP contribution is -2.62. The van der Waals surface area contributed by atoms with Crippen LogP contribution < -0.4 is 0 Å². The zero-order chi connectivity index (χ0) is 16.4. The number of esters is 1. The van der Waals surface area contributed by atoms with Crippen molar-refractivity contribution in [2.24, 2.45) is 0 Å². The summed E-state index contributed by atoms with van der Waals surface area (Å²) >= 11 is 0. The number of carbonyl (C=O) groups is 3. The third kappa shape index (κ3) is 2.73.